The van der Waals surface area contributed by atoms with Gasteiger partial charge in [-0.2, -0.15) is 0 Å². The average Bonchev–Trinajstić information content (AvgIpc) is 2.60. The second-order valence-electron chi connectivity index (χ2n) is 7.68. The molecule has 1 fully saturated rings. The molecule has 26 heavy (non-hydrogen) atoms. The van der Waals surface area contributed by atoms with Crippen LogP contribution in [0.1, 0.15) is 37.1 Å². The third-order valence-corrected chi connectivity index (χ3v) is 4.25. The van der Waals surface area contributed by atoms with E-state index in [1.54, 1.807) is 6.07 Å². The first-order valence-electron chi connectivity index (χ1n) is 9.05. The van der Waals surface area contributed by atoms with Crippen LogP contribution in [-0.2, 0) is 0 Å². The Bertz CT molecular complexity index is 762. The number of hydrogen-bond acceptors (Lipinski definition) is 5. The number of nitrogens with one attached hydrogen (secondary N) is 1. The van der Waals surface area contributed by atoms with Crippen molar-refractivity contribution in [3.8, 4) is 0 Å². The number of nitrogens with zero attached hydrogens (tertiary/aromatic N) is 4. The number of benzene rings is 1. The lowest BCUT2D eigenvalue weighted by Gasteiger charge is -2.36. The van der Waals surface area contributed by atoms with Gasteiger partial charge in [0.1, 0.15) is 17.3 Å². The third kappa shape index (κ3) is 4.50. The molecule has 0 atom stereocenters. The minimum absolute atomic E-state index is 0.0276. The predicted molar refractivity (Wildman–Crippen MR) is 105 cm³/mol. The number of aryl methyl sites for hydroxylation is 1. The maximum absolute atomic E-state index is 12.9. The topological polar surface area (TPSA) is 61.4 Å². The number of aromatic nitrogens is 2. The number of para-hydroxylation sites is 1. The van der Waals surface area contributed by atoms with E-state index < -0.39 is 0 Å². The number of carbonyl (C=O) groups excluding carboxylic acids is 1. The highest BCUT2D eigenvalue weighted by Crippen LogP contribution is 2.18. The first kappa shape index (κ1) is 18.2. The quantitative estimate of drug-likeness (QED) is 0.919. The summed E-state index contributed by atoms with van der Waals surface area (Å²) in [4.78, 5) is 25.8. The van der Waals surface area contributed by atoms with Gasteiger partial charge in [-0.1, -0.05) is 18.2 Å². The number of anilines is 2. The van der Waals surface area contributed by atoms with Gasteiger partial charge < -0.3 is 15.1 Å². The zero-order chi connectivity index (χ0) is 18.7. The van der Waals surface area contributed by atoms with Gasteiger partial charge >= 0.3 is 0 Å². The van der Waals surface area contributed by atoms with Crippen LogP contribution in [0.2, 0.25) is 0 Å². The van der Waals surface area contributed by atoms with Crippen LogP contribution in [0.3, 0.4) is 0 Å². The molecular formula is C20H27N5O. The van der Waals surface area contributed by atoms with E-state index in [0.717, 1.165) is 13.1 Å². The Balaban J connectivity index is 1.69. The van der Waals surface area contributed by atoms with Gasteiger partial charge in [-0.3, -0.25) is 4.79 Å². The second kappa shape index (κ2) is 7.32. The zero-order valence-corrected chi connectivity index (χ0v) is 16.0. The summed E-state index contributed by atoms with van der Waals surface area (Å²) >= 11 is 0. The van der Waals surface area contributed by atoms with Crippen molar-refractivity contribution in [2.45, 2.75) is 33.2 Å². The van der Waals surface area contributed by atoms with Crippen LogP contribution in [0.25, 0.3) is 0 Å². The molecule has 0 bridgehead atoms. The molecule has 1 N–H and O–H groups in total. The number of amides is 1. The SMILES string of the molecule is Cc1nc(NC(C)(C)C)cc(C(=O)N2CCN(c3ccccc3)CC2)n1. The van der Waals surface area contributed by atoms with E-state index in [2.05, 4.69) is 53.1 Å². The van der Waals surface area contributed by atoms with Crippen LogP contribution in [0.15, 0.2) is 36.4 Å². The summed E-state index contributed by atoms with van der Waals surface area (Å²) in [6, 6.07) is 12.1. The predicted octanol–water partition coefficient (Wildman–Crippen LogP) is 2.96. The Morgan fingerprint density at radius 2 is 1.69 bits per heavy atom. The van der Waals surface area contributed by atoms with E-state index in [1.165, 1.54) is 5.69 Å². The van der Waals surface area contributed by atoms with Gasteiger partial charge in [0.05, 0.1) is 0 Å². The Morgan fingerprint density at radius 3 is 2.31 bits per heavy atom. The Kier molecular flexibility index (Phi) is 5.11. The van der Waals surface area contributed by atoms with Gasteiger partial charge in [0.15, 0.2) is 0 Å². The molecule has 0 unspecified atom stereocenters. The number of hydrogen-bond donors (Lipinski definition) is 1. The first-order chi connectivity index (χ1) is 12.3. The number of rotatable bonds is 3. The molecule has 2 heterocycles. The molecule has 1 aromatic carbocycles. The van der Waals surface area contributed by atoms with Crippen molar-refractivity contribution in [2.24, 2.45) is 0 Å². The maximum atomic E-state index is 12.9. The van der Waals surface area contributed by atoms with Gasteiger partial charge in [-0.25, -0.2) is 9.97 Å². The van der Waals surface area contributed by atoms with Crippen LogP contribution in [0, 0.1) is 6.92 Å². The minimum Gasteiger partial charge on any atom is -0.368 e. The summed E-state index contributed by atoms with van der Waals surface area (Å²) in [5, 5.41) is 3.32. The highest BCUT2D eigenvalue weighted by atomic mass is 16.2. The summed E-state index contributed by atoms with van der Waals surface area (Å²) in [5.74, 6) is 1.27. The van der Waals surface area contributed by atoms with Crippen LogP contribution >= 0.6 is 0 Å². The van der Waals surface area contributed by atoms with Gasteiger partial charge in [0.2, 0.25) is 0 Å². The summed E-state index contributed by atoms with van der Waals surface area (Å²) in [6.07, 6.45) is 0. The zero-order valence-electron chi connectivity index (χ0n) is 16.0. The molecule has 1 amide bonds. The largest absolute Gasteiger partial charge is 0.368 e. The summed E-state index contributed by atoms with van der Waals surface area (Å²) in [5.41, 5.74) is 1.54. The fourth-order valence-corrected chi connectivity index (χ4v) is 3.09. The van der Waals surface area contributed by atoms with E-state index in [1.807, 2.05) is 30.0 Å². The molecule has 0 saturated carbocycles. The molecule has 3 rings (SSSR count). The Hall–Kier alpha value is -2.63. The molecule has 1 saturated heterocycles. The van der Waals surface area contributed by atoms with Crippen LogP contribution in [0.5, 0.6) is 0 Å². The van der Waals surface area contributed by atoms with Crippen molar-refractivity contribution in [1.82, 2.24) is 14.9 Å². The normalized spacial score (nSPS) is 15.1. The fraction of sp³-hybridized carbons (Fsp3) is 0.450. The fourth-order valence-electron chi connectivity index (χ4n) is 3.09. The van der Waals surface area contributed by atoms with Crippen LogP contribution < -0.4 is 10.2 Å². The lowest BCUT2D eigenvalue weighted by molar-refractivity contribution is 0.0740. The molecule has 1 aliphatic heterocycles. The van der Waals surface area contributed by atoms with Crippen molar-refractivity contribution < 1.29 is 4.79 Å². The monoisotopic (exact) mass is 353 g/mol. The molecule has 6 nitrogen and oxygen atoms in total. The molecule has 6 heteroatoms. The van der Waals surface area contributed by atoms with Crippen molar-refractivity contribution in [3.63, 3.8) is 0 Å². The lowest BCUT2D eigenvalue weighted by atomic mass is 10.1. The van der Waals surface area contributed by atoms with E-state index >= 15 is 0 Å². The van der Waals surface area contributed by atoms with Crippen LogP contribution in [0.4, 0.5) is 11.5 Å². The van der Waals surface area contributed by atoms with Gasteiger partial charge in [0, 0.05) is 43.5 Å². The highest BCUT2D eigenvalue weighted by molar-refractivity contribution is 5.93. The molecule has 2 aromatic rings. The summed E-state index contributed by atoms with van der Waals surface area (Å²) < 4.78 is 0. The molecule has 1 aromatic heterocycles. The van der Waals surface area contributed by atoms with E-state index in [-0.39, 0.29) is 11.4 Å². The highest BCUT2D eigenvalue weighted by Gasteiger charge is 2.24. The smallest absolute Gasteiger partial charge is 0.272 e. The van der Waals surface area contributed by atoms with Gasteiger partial charge in [-0.15, -0.1) is 0 Å². The molecular weight excluding hydrogens is 326 g/mol. The molecule has 1 aliphatic rings. The summed E-state index contributed by atoms with van der Waals surface area (Å²) in [6.45, 7) is 11.0. The van der Waals surface area contributed by atoms with E-state index in [0.29, 0.717) is 30.4 Å². The summed E-state index contributed by atoms with van der Waals surface area (Å²) in [7, 11) is 0. The van der Waals surface area contributed by atoms with E-state index in [9.17, 15) is 4.79 Å². The first-order valence-corrected chi connectivity index (χ1v) is 9.05. The van der Waals surface area contributed by atoms with E-state index in [4.69, 9.17) is 0 Å². The molecule has 0 spiro atoms. The van der Waals surface area contributed by atoms with Crippen molar-refractivity contribution >= 4 is 17.4 Å². The number of piperazine rings is 1. The van der Waals surface area contributed by atoms with Crippen molar-refractivity contribution in [2.75, 3.05) is 36.4 Å². The lowest BCUT2D eigenvalue weighted by Crippen LogP contribution is -2.49. The maximum Gasteiger partial charge on any atom is 0.272 e. The molecule has 0 radical (unpaired) electrons. The standard InChI is InChI=1S/C20H27N5O/c1-15-21-17(14-18(22-15)23-20(2,3)4)19(26)25-12-10-24(11-13-25)16-8-6-5-7-9-16/h5-9,14H,10-13H2,1-4H3,(H,21,22,23). The molecule has 0 aliphatic carbocycles. The second-order valence-corrected chi connectivity index (χ2v) is 7.68. The van der Waals surface area contributed by atoms with Crippen molar-refractivity contribution in [1.29, 1.82) is 0 Å². The molecule has 138 valence electrons. The third-order valence-electron chi connectivity index (χ3n) is 4.25. The Morgan fingerprint density at radius 1 is 1.04 bits per heavy atom. The van der Waals surface area contributed by atoms with Crippen molar-refractivity contribution in [3.05, 3.63) is 47.9 Å². The minimum atomic E-state index is -0.123. The average molecular weight is 353 g/mol. The Labute approximate surface area is 155 Å². The van der Waals surface area contributed by atoms with Gasteiger partial charge in [-0.05, 0) is 39.8 Å². The van der Waals surface area contributed by atoms with Gasteiger partial charge in [0.25, 0.3) is 5.91 Å². The number of carbonyl (C=O) groups is 1. The van der Waals surface area contributed by atoms with Crippen LogP contribution in [-0.4, -0.2) is 52.5 Å².